The number of carbonyl (C=O) groups is 2. The number of esters is 1. The molecule has 1 amide bonds. The molecule has 0 aromatic heterocycles. The van der Waals surface area contributed by atoms with Crippen LogP contribution in [0.2, 0.25) is 0 Å². The Balaban J connectivity index is 1.63. The second-order valence-corrected chi connectivity index (χ2v) is 5.30. The fraction of sp³-hybridized carbons (Fsp3) is 0.500. The van der Waals surface area contributed by atoms with Gasteiger partial charge in [-0.1, -0.05) is 30.3 Å². The Bertz CT molecular complexity index is 519. The van der Waals surface area contributed by atoms with E-state index in [0.717, 1.165) is 5.56 Å². The van der Waals surface area contributed by atoms with Gasteiger partial charge in [0.2, 0.25) is 0 Å². The van der Waals surface area contributed by atoms with E-state index in [1.54, 1.807) is 6.92 Å². The standard InChI is InChI=1S/C16H21NO5/c1-3-20-14(18)13-16(2,22-13)9-10-17-15(19)21-11-12-7-5-4-6-8-12/h4-8,13H,3,9-11H2,1-2H3,(H,17,19)/t13-,16-/m1/s1. The van der Waals surface area contributed by atoms with E-state index in [2.05, 4.69) is 5.32 Å². The molecule has 2 rings (SSSR count). The summed E-state index contributed by atoms with van der Waals surface area (Å²) < 4.78 is 15.4. The van der Waals surface area contributed by atoms with Gasteiger partial charge in [0, 0.05) is 6.54 Å². The van der Waals surface area contributed by atoms with Crippen LogP contribution in [0.5, 0.6) is 0 Å². The van der Waals surface area contributed by atoms with E-state index in [0.29, 0.717) is 19.6 Å². The van der Waals surface area contributed by atoms with Crippen LogP contribution in [0.25, 0.3) is 0 Å². The molecule has 0 saturated carbocycles. The van der Waals surface area contributed by atoms with Gasteiger partial charge in [-0.05, 0) is 25.8 Å². The fourth-order valence-corrected chi connectivity index (χ4v) is 2.13. The molecule has 0 radical (unpaired) electrons. The molecule has 1 heterocycles. The van der Waals surface area contributed by atoms with Gasteiger partial charge in [0.05, 0.1) is 6.61 Å². The highest BCUT2D eigenvalue weighted by molar-refractivity contribution is 5.79. The van der Waals surface area contributed by atoms with Crippen LogP contribution in [-0.4, -0.2) is 36.9 Å². The molecule has 0 unspecified atom stereocenters. The highest BCUT2D eigenvalue weighted by Gasteiger charge is 2.57. The van der Waals surface area contributed by atoms with Gasteiger partial charge in [0.1, 0.15) is 12.2 Å². The zero-order valence-electron chi connectivity index (χ0n) is 12.8. The first-order valence-corrected chi connectivity index (χ1v) is 7.34. The summed E-state index contributed by atoms with van der Waals surface area (Å²) in [6.45, 7) is 4.51. The number of benzene rings is 1. The largest absolute Gasteiger partial charge is 0.464 e. The molecule has 22 heavy (non-hydrogen) atoms. The molecule has 120 valence electrons. The molecule has 1 fully saturated rings. The first-order chi connectivity index (χ1) is 10.5. The first kappa shape index (κ1) is 16.3. The van der Waals surface area contributed by atoms with E-state index in [4.69, 9.17) is 14.2 Å². The molecule has 1 aliphatic heterocycles. The Kier molecular flexibility index (Phi) is 5.38. The van der Waals surface area contributed by atoms with Crippen molar-refractivity contribution in [2.45, 2.75) is 38.6 Å². The summed E-state index contributed by atoms with van der Waals surface area (Å²) in [7, 11) is 0. The third-order valence-electron chi connectivity index (χ3n) is 3.49. The van der Waals surface area contributed by atoms with Gasteiger partial charge in [-0.25, -0.2) is 9.59 Å². The number of hydrogen-bond donors (Lipinski definition) is 1. The van der Waals surface area contributed by atoms with E-state index < -0.39 is 17.8 Å². The number of amides is 1. The minimum atomic E-state index is -0.557. The Labute approximate surface area is 129 Å². The van der Waals surface area contributed by atoms with Gasteiger partial charge in [0.25, 0.3) is 0 Å². The molecule has 0 aliphatic carbocycles. The van der Waals surface area contributed by atoms with E-state index in [1.807, 2.05) is 37.3 Å². The van der Waals surface area contributed by atoms with Crippen LogP contribution in [0.1, 0.15) is 25.8 Å². The predicted octanol–water partition coefficient (Wildman–Crippen LogP) is 2.02. The van der Waals surface area contributed by atoms with Crippen molar-refractivity contribution in [3.8, 4) is 0 Å². The molecular weight excluding hydrogens is 286 g/mol. The van der Waals surface area contributed by atoms with Crippen molar-refractivity contribution in [3.63, 3.8) is 0 Å². The van der Waals surface area contributed by atoms with Crippen LogP contribution in [0.4, 0.5) is 4.79 Å². The smallest absolute Gasteiger partial charge is 0.407 e. The zero-order chi connectivity index (χ0) is 16.0. The van der Waals surface area contributed by atoms with Crippen molar-refractivity contribution >= 4 is 12.1 Å². The molecule has 6 heteroatoms. The summed E-state index contributed by atoms with van der Waals surface area (Å²) in [5.41, 5.74) is 0.372. The molecule has 1 saturated heterocycles. The maximum Gasteiger partial charge on any atom is 0.407 e. The molecule has 1 aliphatic rings. The fourth-order valence-electron chi connectivity index (χ4n) is 2.13. The highest BCUT2D eigenvalue weighted by Crippen LogP contribution is 2.39. The molecule has 1 aromatic rings. The zero-order valence-corrected chi connectivity index (χ0v) is 12.8. The molecule has 0 spiro atoms. The lowest BCUT2D eigenvalue weighted by atomic mass is 10.0. The van der Waals surface area contributed by atoms with Crippen LogP contribution in [0.15, 0.2) is 30.3 Å². The lowest BCUT2D eigenvalue weighted by Crippen LogP contribution is -2.29. The van der Waals surface area contributed by atoms with Crippen LogP contribution >= 0.6 is 0 Å². The van der Waals surface area contributed by atoms with Crippen molar-refractivity contribution < 1.29 is 23.8 Å². The van der Waals surface area contributed by atoms with Crippen molar-refractivity contribution in [1.29, 1.82) is 0 Å². The van der Waals surface area contributed by atoms with Crippen LogP contribution in [0, 0.1) is 0 Å². The lowest BCUT2D eigenvalue weighted by Gasteiger charge is -2.09. The van der Waals surface area contributed by atoms with Gasteiger partial charge in [-0.15, -0.1) is 0 Å². The maximum atomic E-state index is 11.6. The topological polar surface area (TPSA) is 77.2 Å². The van der Waals surface area contributed by atoms with Crippen molar-refractivity contribution in [3.05, 3.63) is 35.9 Å². The monoisotopic (exact) mass is 307 g/mol. The molecule has 1 N–H and O–H groups in total. The highest BCUT2D eigenvalue weighted by atomic mass is 16.7. The van der Waals surface area contributed by atoms with E-state index >= 15 is 0 Å². The molecule has 2 atom stereocenters. The van der Waals surface area contributed by atoms with Crippen molar-refractivity contribution in [1.82, 2.24) is 5.32 Å². The number of rotatable bonds is 7. The number of alkyl carbamates (subject to hydrolysis) is 1. The van der Waals surface area contributed by atoms with Gasteiger partial charge in [-0.2, -0.15) is 0 Å². The summed E-state index contributed by atoms with van der Waals surface area (Å²) in [4.78, 5) is 23.1. The number of hydrogen-bond acceptors (Lipinski definition) is 5. The van der Waals surface area contributed by atoms with Gasteiger partial charge in [-0.3, -0.25) is 0 Å². The Morgan fingerprint density at radius 2 is 2.00 bits per heavy atom. The van der Waals surface area contributed by atoms with Gasteiger partial charge in [0.15, 0.2) is 6.10 Å². The van der Waals surface area contributed by atoms with Crippen LogP contribution in [-0.2, 0) is 25.6 Å². The Morgan fingerprint density at radius 3 is 2.68 bits per heavy atom. The average Bonchev–Trinajstić information content (AvgIpc) is 3.18. The maximum absolute atomic E-state index is 11.6. The lowest BCUT2D eigenvalue weighted by molar-refractivity contribution is -0.144. The molecule has 0 bridgehead atoms. The van der Waals surface area contributed by atoms with Crippen molar-refractivity contribution in [2.24, 2.45) is 0 Å². The number of ether oxygens (including phenoxy) is 3. The van der Waals surface area contributed by atoms with Crippen LogP contribution in [0.3, 0.4) is 0 Å². The average molecular weight is 307 g/mol. The number of carbonyl (C=O) groups excluding carboxylic acids is 2. The first-order valence-electron chi connectivity index (χ1n) is 7.34. The van der Waals surface area contributed by atoms with E-state index in [-0.39, 0.29) is 12.6 Å². The molecular formula is C16H21NO5. The number of epoxide rings is 1. The SMILES string of the molecule is CCOC(=O)[C@H]1O[C@]1(C)CCNC(=O)OCc1ccccc1. The Morgan fingerprint density at radius 1 is 1.27 bits per heavy atom. The summed E-state index contributed by atoms with van der Waals surface area (Å²) in [5.74, 6) is -0.350. The molecule has 6 nitrogen and oxygen atoms in total. The minimum absolute atomic E-state index is 0.228. The second kappa shape index (κ2) is 7.26. The normalized spacial score (nSPS) is 22.7. The third kappa shape index (κ3) is 4.46. The van der Waals surface area contributed by atoms with Gasteiger partial charge >= 0.3 is 12.1 Å². The summed E-state index contributed by atoms with van der Waals surface area (Å²) in [5, 5.41) is 2.65. The van der Waals surface area contributed by atoms with Gasteiger partial charge < -0.3 is 19.5 Å². The summed E-state index contributed by atoms with van der Waals surface area (Å²) in [6.07, 6.45) is -0.493. The Hall–Kier alpha value is -2.08. The number of nitrogens with one attached hydrogen (secondary N) is 1. The third-order valence-corrected chi connectivity index (χ3v) is 3.49. The van der Waals surface area contributed by atoms with E-state index in [9.17, 15) is 9.59 Å². The summed E-state index contributed by atoms with van der Waals surface area (Å²) in [6, 6.07) is 9.45. The predicted molar refractivity (Wildman–Crippen MR) is 79.2 cm³/mol. The van der Waals surface area contributed by atoms with E-state index in [1.165, 1.54) is 0 Å². The van der Waals surface area contributed by atoms with Crippen LogP contribution < -0.4 is 5.32 Å². The van der Waals surface area contributed by atoms with Crippen molar-refractivity contribution in [2.75, 3.05) is 13.2 Å². The molecule has 1 aromatic carbocycles. The quantitative estimate of drug-likeness (QED) is 0.616. The minimum Gasteiger partial charge on any atom is -0.464 e. The second-order valence-electron chi connectivity index (χ2n) is 5.30. The summed E-state index contributed by atoms with van der Waals surface area (Å²) >= 11 is 0.